The molecule has 0 aliphatic heterocycles. The highest BCUT2D eigenvalue weighted by atomic mass is 32.1. The molecule has 3 nitrogen and oxygen atoms in total. The first-order valence-corrected chi connectivity index (χ1v) is 3.78. The minimum Gasteiger partial charge on any atom is -0.374 e. The van der Waals surface area contributed by atoms with Gasteiger partial charge in [0.25, 0.3) is 0 Å². The normalized spacial score (nSPS) is 12.0. The highest BCUT2D eigenvalue weighted by Gasteiger charge is 2.00. The van der Waals surface area contributed by atoms with Crippen molar-refractivity contribution < 1.29 is 0 Å². The Bertz CT molecular complexity index is 251. The average Bonchev–Trinajstić information content (AvgIpc) is 2.34. The number of allylic oxidation sites excluding steroid dienone is 2. The lowest BCUT2D eigenvalue weighted by atomic mass is 10.3. The van der Waals surface area contributed by atoms with Gasteiger partial charge < -0.3 is 5.73 Å². The van der Waals surface area contributed by atoms with Crippen LogP contribution in [0.4, 0.5) is 5.13 Å². The summed E-state index contributed by atoms with van der Waals surface area (Å²) < 4.78 is 0. The van der Waals surface area contributed by atoms with Crippen molar-refractivity contribution in [2.24, 2.45) is 0 Å². The van der Waals surface area contributed by atoms with Gasteiger partial charge in [-0.25, -0.2) is 0 Å². The van der Waals surface area contributed by atoms with Gasteiger partial charge in [0.1, 0.15) is 5.01 Å². The minimum atomic E-state index is 0.524. The molecule has 1 rings (SSSR count). The smallest absolute Gasteiger partial charge is 0.203 e. The van der Waals surface area contributed by atoms with Crippen LogP contribution in [0.15, 0.2) is 6.08 Å². The Labute approximate surface area is 63.6 Å². The van der Waals surface area contributed by atoms with Crippen LogP contribution in [0.2, 0.25) is 0 Å². The van der Waals surface area contributed by atoms with Gasteiger partial charge in [0, 0.05) is 0 Å². The van der Waals surface area contributed by atoms with Crippen molar-refractivity contribution in [2.75, 3.05) is 5.73 Å². The largest absolute Gasteiger partial charge is 0.374 e. The van der Waals surface area contributed by atoms with Crippen molar-refractivity contribution in [1.82, 2.24) is 10.2 Å². The molecule has 1 aromatic heterocycles. The number of anilines is 1. The van der Waals surface area contributed by atoms with E-state index in [1.54, 1.807) is 0 Å². The fourth-order valence-corrected chi connectivity index (χ4v) is 1.16. The van der Waals surface area contributed by atoms with Crippen LogP contribution >= 0.6 is 11.3 Å². The number of nitrogens with zero attached hydrogens (tertiary/aromatic N) is 2. The molecule has 0 radical (unpaired) electrons. The molecule has 2 N–H and O–H groups in total. The van der Waals surface area contributed by atoms with E-state index in [1.165, 1.54) is 11.3 Å². The number of rotatable bonds is 1. The molecule has 1 aromatic rings. The lowest BCUT2D eigenvalue weighted by molar-refractivity contribution is 1.08. The molecule has 1 heterocycles. The number of nitrogen functional groups attached to an aromatic ring is 1. The summed E-state index contributed by atoms with van der Waals surface area (Å²) in [5, 5.41) is 8.98. The quantitative estimate of drug-likeness (QED) is 0.669. The predicted octanol–water partition coefficient (Wildman–Crippen LogP) is 1.54. The van der Waals surface area contributed by atoms with Crippen molar-refractivity contribution >= 4 is 22.0 Å². The van der Waals surface area contributed by atoms with Crippen LogP contribution in [0.25, 0.3) is 5.57 Å². The second-order valence-electron chi connectivity index (χ2n) is 1.92. The third-order valence-electron chi connectivity index (χ3n) is 1.21. The maximum Gasteiger partial charge on any atom is 0.203 e. The molecule has 0 fully saturated rings. The summed E-state index contributed by atoms with van der Waals surface area (Å²) in [5.41, 5.74) is 6.51. The summed E-state index contributed by atoms with van der Waals surface area (Å²) in [7, 11) is 0. The van der Waals surface area contributed by atoms with Crippen LogP contribution in [0.1, 0.15) is 18.9 Å². The van der Waals surface area contributed by atoms with Crippen LogP contribution in [-0.2, 0) is 0 Å². The fourth-order valence-electron chi connectivity index (χ4n) is 0.517. The van der Waals surface area contributed by atoms with E-state index in [9.17, 15) is 0 Å². The third kappa shape index (κ3) is 1.33. The van der Waals surface area contributed by atoms with Gasteiger partial charge in [0.05, 0.1) is 0 Å². The molecular formula is C6H9N3S. The van der Waals surface area contributed by atoms with Crippen molar-refractivity contribution in [3.8, 4) is 0 Å². The zero-order chi connectivity index (χ0) is 7.56. The van der Waals surface area contributed by atoms with Crippen molar-refractivity contribution in [1.29, 1.82) is 0 Å². The van der Waals surface area contributed by atoms with Gasteiger partial charge in [-0.3, -0.25) is 0 Å². The Balaban J connectivity index is 2.95. The Morgan fingerprint density at radius 3 is 2.70 bits per heavy atom. The summed E-state index contributed by atoms with van der Waals surface area (Å²) in [6.45, 7) is 3.95. The first-order valence-electron chi connectivity index (χ1n) is 2.96. The molecule has 0 bridgehead atoms. The maximum absolute atomic E-state index is 5.39. The zero-order valence-electron chi connectivity index (χ0n) is 5.96. The first kappa shape index (κ1) is 7.21. The van der Waals surface area contributed by atoms with Crippen molar-refractivity contribution in [3.63, 3.8) is 0 Å². The summed E-state index contributed by atoms with van der Waals surface area (Å²) in [6, 6.07) is 0. The van der Waals surface area contributed by atoms with E-state index in [2.05, 4.69) is 10.2 Å². The summed E-state index contributed by atoms with van der Waals surface area (Å²) in [5.74, 6) is 0. The summed E-state index contributed by atoms with van der Waals surface area (Å²) >= 11 is 1.41. The number of hydrogen-bond acceptors (Lipinski definition) is 4. The molecule has 54 valence electrons. The van der Waals surface area contributed by atoms with E-state index in [4.69, 9.17) is 5.73 Å². The van der Waals surface area contributed by atoms with Crippen LogP contribution < -0.4 is 5.73 Å². The molecule has 0 saturated heterocycles. The number of hydrogen-bond donors (Lipinski definition) is 1. The topological polar surface area (TPSA) is 51.8 Å². The van der Waals surface area contributed by atoms with E-state index in [0.29, 0.717) is 5.13 Å². The average molecular weight is 155 g/mol. The Morgan fingerprint density at radius 2 is 2.30 bits per heavy atom. The van der Waals surface area contributed by atoms with Gasteiger partial charge in [0.15, 0.2) is 0 Å². The molecule has 0 spiro atoms. The highest BCUT2D eigenvalue weighted by molar-refractivity contribution is 7.16. The minimum absolute atomic E-state index is 0.524. The molecule has 10 heavy (non-hydrogen) atoms. The van der Waals surface area contributed by atoms with Gasteiger partial charge >= 0.3 is 0 Å². The first-order chi connectivity index (χ1) is 4.74. The molecular weight excluding hydrogens is 146 g/mol. The van der Waals surface area contributed by atoms with Gasteiger partial charge in [-0.05, 0) is 19.4 Å². The molecule has 0 aromatic carbocycles. The Morgan fingerprint density at radius 1 is 1.60 bits per heavy atom. The standard InChI is InChI=1S/C6H9N3S/c1-3-4(2)5-8-9-6(7)10-5/h3H,1-2H3,(H2,7,9). The van der Waals surface area contributed by atoms with Gasteiger partial charge in [-0.2, -0.15) is 0 Å². The summed E-state index contributed by atoms with van der Waals surface area (Å²) in [4.78, 5) is 0. The third-order valence-corrected chi connectivity index (χ3v) is 2.10. The predicted molar refractivity (Wildman–Crippen MR) is 43.6 cm³/mol. The van der Waals surface area contributed by atoms with Crippen LogP contribution in [0.3, 0.4) is 0 Å². The van der Waals surface area contributed by atoms with E-state index < -0.39 is 0 Å². The lowest BCUT2D eigenvalue weighted by Gasteiger charge is -1.87. The van der Waals surface area contributed by atoms with Crippen molar-refractivity contribution in [3.05, 3.63) is 11.1 Å². The van der Waals surface area contributed by atoms with Crippen LogP contribution in [0.5, 0.6) is 0 Å². The molecule has 0 aliphatic rings. The van der Waals surface area contributed by atoms with Crippen molar-refractivity contribution in [2.45, 2.75) is 13.8 Å². The molecule has 0 atom stereocenters. The van der Waals surface area contributed by atoms with E-state index in [0.717, 1.165) is 10.6 Å². The molecule has 0 unspecified atom stereocenters. The molecule has 4 heteroatoms. The number of nitrogens with two attached hydrogens (primary N) is 1. The molecule has 0 amide bonds. The fraction of sp³-hybridized carbons (Fsp3) is 0.333. The number of aromatic nitrogens is 2. The van der Waals surface area contributed by atoms with Crippen LogP contribution in [-0.4, -0.2) is 10.2 Å². The molecule has 0 saturated carbocycles. The van der Waals surface area contributed by atoms with Gasteiger partial charge in [-0.15, -0.1) is 10.2 Å². The van der Waals surface area contributed by atoms with E-state index >= 15 is 0 Å². The summed E-state index contributed by atoms with van der Waals surface area (Å²) in [6.07, 6.45) is 1.99. The second kappa shape index (κ2) is 2.79. The van der Waals surface area contributed by atoms with E-state index in [1.807, 2.05) is 19.9 Å². The van der Waals surface area contributed by atoms with Gasteiger partial charge in [0.2, 0.25) is 5.13 Å². The maximum atomic E-state index is 5.39. The Kier molecular flexibility index (Phi) is 2.01. The second-order valence-corrected chi connectivity index (χ2v) is 2.93. The Hall–Kier alpha value is -0.900. The molecule has 0 aliphatic carbocycles. The highest BCUT2D eigenvalue weighted by Crippen LogP contribution is 2.18. The van der Waals surface area contributed by atoms with E-state index in [-0.39, 0.29) is 0 Å². The zero-order valence-corrected chi connectivity index (χ0v) is 6.77. The monoisotopic (exact) mass is 155 g/mol. The van der Waals surface area contributed by atoms with Crippen LogP contribution in [0, 0.1) is 0 Å². The van der Waals surface area contributed by atoms with Gasteiger partial charge in [-0.1, -0.05) is 17.4 Å². The lowest BCUT2D eigenvalue weighted by Crippen LogP contribution is -1.80. The SMILES string of the molecule is CC=C(C)c1nnc(N)s1.